The number of carbonyl (C=O) groups excluding carboxylic acids is 2. The number of Topliss-reactive ketones (excluding diaryl/α,β-unsaturated/α-hetero) is 1. The number of carbonyl (C=O) groups is 2. The summed E-state index contributed by atoms with van der Waals surface area (Å²) < 4.78 is 5.08. The van der Waals surface area contributed by atoms with E-state index in [0.29, 0.717) is 34.7 Å². The fourth-order valence-corrected chi connectivity index (χ4v) is 3.47. The maximum absolute atomic E-state index is 12.9. The zero-order valence-electron chi connectivity index (χ0n) is 16.9. The van der Waals surface area contributed by atoms with Gasteiger partial charge in [0.2, 0.25) is 5.56 Å². The van der Waals surface area contributed by atoms with Gasteiger partial charge in [0.1, 0.15) is 0 Å². The number of hydrogen-bond donors (Lipinski definition) is 2. The van der Waals surface area contributed by atoms with E-state index < -0.39 is 6.04 Å². The van der Waals surface area contributed by atoms with Crippen molar-refractivity contribution in [3.05, 3.63) is 93.9 Å². The zero-order chi connectivity index (χ0) is 22.2. The van der Waals surface area contributed by atoms with Gasteiger partial charge < -0.3 is 15.0 Å². The topological polar surface area (TPSA) is 88.3 Å². The van der Waals surface area contributed by atoms with Gasteiger partial charge in [-0.3, -0.25) is 14.4 Å². The number of pyridine rings is 1. The van der Waals surface area contributed by atoms with Crippen molar-refractivity contribution < 1.29 is 14.3 Å². The van der Waals surface area contributed by atoms with Crippen LogP contribution in [-0.2, 0) is 16.0 Å². The Kier molecular flexibility index (Phi) is 7.62. The molecule has 3 rings (SSSR count). The molecule has 1 unspecified atom stereocenters. The Morgan fingerprint density at radius 2 is 1.90 bits per heavy atom. The molecular weight excluding hydrogens is 416 g/mol. The molecule has 31 heavy (non-hydrogen) atoms. The van der Waals surface area contributed by atoms with Gasteiger partial charge >= 0.3 is 0 Å². The molecule has 0 spiro atoms. The van der Waals surface area contributed by atoms with Crippen molar-refractivity contribution in [2.24, 2.45) is 0 Å². The molecule has 0 saturated carbocycles. The third-order valence-corrected chi connectivity index (χ3v) is 5.12. The summed E-state index contributed by atoms with van der Waals surface area (Å²) in [7, 11) is 0. The van der Waals surface area contributed by atoms with Crippen LogP contribution in [0.5, 0.6) is 0 Å². The van der Waals surface area contributed by atoms with Crippen LogP contribution in [0.4, 0.5) is 0 Å². The molecule has 0 saturated heterocycles. The molecule has 3 aromatic rings. The predicted octanol–water partition coefficient (Wildman–Crippen LogP) is 4.03. The smallest absolute Gasteiger partial charge is 0.251 e. The van der Waals surface area contributed by atoms with Crippen LogP contribution in [0.15, 0.2) is 72.2 Å². The van der Waals surface area contributed by atoms with Crippen molar-refractivity contribution in [3.8, 4) is 0 Å². The maximum atomic E-state index is 12.9. The van der Waals surface area contributed by atoms with Gasteiger partial charge in [0.15, 0.2) is 5.78 Å². The molecule has 2 aromatic carbocycles. The number of hydrogen-bond acceptors (Lipinski definition) is 4. The third-order valence-electron chi connectivity index (χ3n) is 4.86. The molecule has 0 aliphatic heterocycles. The zero-order valence-corrected chi connectivity index (χ0v) is 17.7. The minimum absolute atomic E-state index is 0.140. The van der Waals surface area contributed by atoms with Gasteiger partial charge in [-0.1, -0.05) is 36.4 Å². The molecule has 1 atom stereocenters. The van der Waals surface area contributed by atoms with E-state index in [9.17, 15) is 14.4 Å². The summed E-state index contributed by atoms with van der Waals surface area (Å²) in [6.07, 6.45) is 2.24. The van der Waals surface area contributed by atoms with E-state index in [1.807, 2.05) is 18.2 Å². The first kappa shape index (κ1) is 22.3. The number of H-pyrrole nitrogens is 1. The largest absolute Gasteiger partial charge is 0.502 e. The van der Waals surface area contributed by atoms with Crippen LogP contribution in [0, 0.1) is 0 Å². The van der Waals surface area contributed by atoms with Crippen molar-refractivity contribution in [1.82, 2.24) is 10.3 Å². The number of nitrogens with one attached hydrogen (secondary N) is 2. The van der Waals surface area contributed by atoms with Crippen LogP contribution >= 0.6 is 11.6 Å². The summed E-state index contributed by atoms with van der Waals surface area (Å²) in [6, 6.07) is 14.5. The lowest BCUT2D eigenvalue weighted by Crippen LogP contribution is -2.42. The fourth-order valence-electron chi connectivity index (χ4n) is 3.34. The highest BCUT2D eigenvalue weighted by molar-refractivity contribution is 6.30. The van der Waals surface area contributed by atoms with Gasteiger partial charge in [0, 0.05) is 40.4 Å². The van der Waals surface area contributed by atoms with Gasteiger partial charge in [-0.25, -0.2) is 0 Å². The number of aromatic amines is 1. The summed E-state index contributed by atoms with van der Waals surface area (Å²) in [4.78, 5) is 40.6. The van der Waals surface area contributed by atoms with E-state index in [4.69, 9.17) is 16.3 Å². The first-order chi connectivity index (χ1) is 15.0. The van der Waals surface area contributed by atoms with Crippen LogP contribution in [0.3, 0.4) is 0 Å². The number of ketones is 1. The number of ether oxygens (including phenoxy) is 1. The van der Waals surface area contributed by atoms with Crippen molar-refractivity contribution in [3.63, 3.8) is 0 Å². The minimum Gasteiger partial charge on any atom is -0.502 e. The summed E-state index contributed by atoms with van der Waals surface area (Å²) >= 11 is 5.90. The number of benzene rings is 2. The van der Waals surface area contributed by atoms with Crippen LogP contribution in [0.25, 0.3) is 10.9 Å². The minimum atomic E-state index is -0.794. The lowest BCUT2D eigenvalue weighted by atomic mass is 9.96. The fraction of sp³-hybridized carbons (Fsp3) is 0.208. The van der Waals surface area contributed by atoms with Crippen LogP contribution in [0.1, 0.15) is 28.8 Å². The van der Waals surface area contributed by atoms with Gasteiger partial charge in [-0.2, -0.15) is 0 Å². The number of amides is 1. The summed E-state index contributed by atoms with van der Waals surface area (Å²) in [5.74, 6) is -0.522. The Morgan fingerprint density at radius 1 is 1.16 bits per heavy atom. The lowest BCUT2D eigenvalue weighted by Gasteiger charge is -2.19. The second kappa shape index (κ2) is 10.6. The molecule has 1 aromatic heterocycles. The van der Waals surface area contributed by atoms with Gasteiger partial charge in [-0.05, 0) is 42.3 Å². The monoisotopic (exact) mass is 438 g/mol. The van der Waals surface area contributed by atoms with E-state index >= 15 is 0 Å². The average molecular weight is 439 g/mol. The Labute approximate surface area is 184 Å². The second-order valence-corrected chi connectivity index (χ2v) is 7.49. The van der Waals surface area contributed by atoms with Gasteiger partial charge in [0.25, 0.3) is 5.91 Å². The Bertz CT molecular complexity index is 1140. The lowest BCUT2D eigenvalue weighted by molar-refractivity contribution is -0.121. The number of halogens is 1. The SMILES string of the molecule is C=COCCCC(=O)C(Cc1cc(=O)[nH]c2ccccc12)NC(=O)c1ccc(Cl)cc1. The molecule has 0 fully saturated rings. The molecule has 6 nitrogen and oxygen atoms in total. The van der Waals surface area contributed by atoms with Crippen molar-refractivity contribution in [2.45, 2.75) is 25.3 Å². The molecule has 0 aliphatic carbocycles. The summed E-state index contributed by atoms with van der Waals surface area (Å²) in [5.41, 5.74) is 1.51. The molecule has 0 aliphatic rings. The van der Waals surface area contributed by atoms with E-state index in [0.717, 1.165) is 5.39 Å². The molecule has 160 valence electrons. The number of fused-ring (bicyclic) bond motifs is 1. The maximum Gasteiger partial charge on any atom is 0.251 e. The first-order valence-corrected chi connectivity index (χ1v) is 10.3. The van der Waals surface area contributed by atoms with Crippen LogP contribution < -0.4 is 10.9 Å². The molecule has 7 heteroatoms. The Balaban J connectivity index is 1.85. The Hall–Kier alpha value is -3.38. The average Bonchev–Trinajstić information content (AvgIpc) is 2.76. The van der Waals surface area contributed by atoms with Crippen molar-refractivity contribution >= 4 is 34.2 Å². The van der Waals surface area contributed by atoms with E-state index in [-0.39, 0.29) is 30.1 Å². The molecule has 0 radical (unpaired) electrons. The third kappa shape index (κ3) is 6.06. The van der Waals surface area contributed by atoms with Crippen LogP contribution in [0.2, 0.25) is 5.02 Å². The quantitative estimate of drug-likeness (QED) is 0.369. The highest BCUT2D eigenvalue weighted by Gasteiger charge is 2.23. The number of rotatable bonds is 10. The number of aromatic nitrogens is 1. The van der Waals surface area contributed by atoms with Gasteiger partial charge in [0.05, 0.1) is 18.9 Å². The van der Waals surface area contributed by atoms with E-state index in [1.165, 1.54) is 12.3 Å². The van der Waals surface area contributed by atoms with Crippen molar-refractivity contribution in [1.29, 1.82) is 0 Å². The van der Waals surface area contributed by atoms with Gasteiger partial charge in [-0.15, -0.1) is 0 Å². The summed E-state index contributed by atoms with van der Waals surface area (Å²) in [6.45, 7) is 3.84. The van der Waals surface area contributed by atoms with E-state index in [2.05, 4.69) is 16.9 Å². The highest BCUT2D eigenvalue weighted by atomic mass is 35.5. The molecule has 0 bridgehead atoms. The standard InChI is InChI=1S/C24H23ClN2O4/c1-2-31-13-5-8-22(28)21(27-24(30)16-9-11-18(25)12-10-16)14-17-15-23(29)26-20-7-4-3-6-19(17)20/h2-4,6-7,9-12,15,21H,1,5,8,13-14H2,(H,26,29)(H,27,30). The molecule has 1 amide bonds. The normalized spacial score (nSPS) is 11.6. The number of para-hydroxylation sites is 1. The summed E-state index contributed by atoms with van der Waals surface area (Å²) in [5, 5.41) is 4.17. The second-order valence-electron chi connectivity index (χ2n) is 7.05. The molecule has 1 heterocycles. The molecular formula is C24H23ClN2O4. The Morgan fingerprint density at radius 3 is 2.65 bits per heavy atom. The van der Waals surface area contributed by atoms with E-state index in [1.54, 1.807) is 30.3 Å². The highest BCUT2D eigenvalue weighted by Crippen LogP contribution is 2.18. The van der Waals surface area contributed by atoms with Crippen molar-refractivity contribution in [2.75, 3.05) is 6.61 Å². The first-order valence-electron chi connectivity index (χ1n) is 9.90. The molecule has 2 N–H and O–H groups in total. The van der Waals surface area contributed by atoms with Crippen LogP contribution in [-0.4, -0.2) is 29.3 Å². The predicted molar refractivity (Wildman–Crippen MR) is 121 cm³/mol.